The summed E-state index contributed by atoms with van der Waals surface area (Å²) in [4.78, 5) is 28.4. The number of methoxy groups -OCH3 is 1. The fourth-order valence-corrected chi connectivity index (χ4v) is 7.00. The second-order valence-corrected chi connectivity index (χ2v) is 11.1. The summed E-state index contributed by atoms with van der Waals surface area (Å²) in [6, 6.07) is 18.3. The Labute approximate surface area is 228 Å². The summed E-state index contributed by atoms with van der Waals surface area (Å²) in [5, 5.41) is 7.12. The van der Waals surface area contributed by atoms with Gasteiger partial charge in [-0.3, -0.25) is 9.78 Å². The highest BCUT2D eigenvalue weighted by molar-refractivity contribution is 7.89. The number of benzene rings is 2. The molecule has 13 heteroatoms. The molecule has 1 spiro atoms. The number of alkyl halides is 3. The van der Waals surface area contributed by atoms with E-state index in [1.807, 2.05) is 42.5 Å². The number of carboxylic acids is 1. The maximum absolute atomic E-state index is 13.6. The molecule has 5 rings (SSSR count). The molecule has 1 fully saturated rings. The standard InChI is InChI=1S/C25H25N3O4S.C2HF3O2/c1-32-21-8-4-6-19(14-21)15-24(29)27-13-11-25(18-27)22-9-2-3-10-23(22)33(30,31)28(25)17-20-7-5-12-26-16-20;3-2(4,5)1(6)7/h2-10,12,14,16H,11,13,15,17-18H2,1H3;(H,6,7). The Morgan fingerprint density at radius 3 is 2.42 bits per heavy atom. The van der Waals surface area contributed by atoms with Gasteiger partial charge in [0.05, 0.1) is 24.0 Å². The van der Waals surface area contributed by atoms with E-state index >= 15 is 0 Å². The Morgan fingerprint density at radius 2 is 1.77 bits per heavy atom. The summed E-state index contributed by atoms with van der Waals surface area (Å²) in [6.45, 7) is 1.03. The van der Waals surface area contributed by atoms with Crippen LogP contribution in [0.15, 0.2) is 78.0 Å². The zero-order valence-corrected chi connectivity index (χ0v) is 22.2. The molecule has 40 heavy (non-hydrogen) atoms. The zero-order chi connectivity index (χ0) is 29.1. The fraction of sp³-hybridized carbons (Fsp3) is 0.296. The number of hydrogen-bond acceptors (Lipinski definition) is 6. The first-order valence-electron chi connectivity index (χ1n) is 12.1. The minimum absolute atomic E-state index is 0.0248. The lowest BCUT2D eigenvalue weighted by Gasteiger charge is -2.34. The molecule has 1 unspecified atom stereocenters. The monoisotopic (exact) mass is 577 g/mol. The van der Waals surface area contributed by atoms with Gasteiger partial charge in [-0.15, -0.1) is 0 Å². The van der Waals surface area contributed by atoms with E-state index in [0.29, 0.717) is 30.2 Å². The van der Waals surface area contributed by atoms with Gasteiger partial charge >= 0.3 is 12.1 Å². The smallest absolute Gasteiger partial charge is 0.490 e. The Bertz CT molecular complexity index is 1500. The predicted octanol–water partition coefficient (Wildman–Crippen LogP) is 3.60. The van der Waals surface area contributed by atoms with Gasteiger partial charge in [0.25, 0.3) is 0 Å². The third-order valence-electron chi connectivity index (χ3n) is 6.82. The first-order valence-corrected chi connectivity index (χ1v) is 13.5. The molecule has 1 aromatic heterocycles. The number of carboxylic acid groups (broad SMARTS) is 1. The first kappa shape index (κ1) is 29.0. The molecule has 1 saturated heterocycles. The molecule has 2 aliphatic rings. The fourth-order valence-electron chi connectivity index (χ4n) is 4.95. The number of ether oxygens (including phenoxy) is 1. The van der Waals surface area contributed by atoms with Gasteiger partial charge in [-0.2, -0.15) is 17.5 Å². The second kappa shape index (κ2) is 11.3. The number of fused-ring (bicyclic) bond motifs is 2. The third kappa shape index (κ3) is 5.80. The quantitative estimate of drug-likeness (QED) is 0.493. The molecular formula is C27H26F3N3O6S. The molecular weight excluding hydrogens is 551 g/mol. The van der Waals surface area contributed by atoms with Crippen molar-refractivity contribution in [1.29, 1.82) is 0 Å². The molecule has 3 heterocycles. The largest absolute Gasteiger partial charge is 0.497 e. The molecule has 9 nitrogen and oxygen atoms in total. The summed E-state index contributed by atoms with van der Waals surface area (Å²) in [5.74, 6) is -2.08. The van der Waals surface area contributed by atoms with Crippen LogP contribution >= 0.6 is 0 Å². The van der Waals surface area contributed by atoms with E-state index in [9.17, 15) is 26.4 Å². The van der Waals surface area contributed by atoms with E-state index in [1.165, 1.54) is 0 Å². The third-order valence-corrected chi connectivity index (χ3v) is 8.79. The number of carbonyl (C=O) groups excluding carboxylic acids is 1. The van der Waals surface area contributed by atoms with Gasteiger partial charge in [-0.1, -0.05) is 36.4 Å². The lowest BCUT2D eigenvalue weighted by Crippen LogP contribution is -2.46. The van der Waals surface area contributed by atoms with Crippen LogP contribution in [0.25, 0.3) is 0 Å². The molecule has 212 valence electrons. The minimum Gasteiger partial charge on any atom is -0.497 e. The van der Waals surface area contributed by atoms with Crippen LogP contribution in [0.4, 0.5) is 13.2 Å². The Kier molecular flexibility index (Phi) is 8.17. The van der Waals surface area contributed by atoms with Gasteiger partial charge in [0.15, 0.2) is 0 Å². The van der Waals surface area contributed by atoms with Crippen molar-refractivity contribution in [2.24, 2.45) is 0 Å². The van der Waals surface area contributed by atoms with Crippen molar-refractivity contribution < 1.29 is 41.0 Å². The maximum atomic E-state index is 13.6. The van der Waals surface area contributed by atoms with E-state index in [0.717, 1.165) is 16.7 Å². The number of carbonyl (C=O) groups is 2. The topological polar surface area (TPSA) is 117 Å². The minimum atomic E-state index is -5.08. The van der Waals surface area contributed by atoms with Crippen LogP contribution in [0, 0.1) is 0 Å². The van der Waals surface area contributed by atoms with Crippen molar-refractivity contribution in [2.45, 2.75) is 36.0 Å². The van der Waals surface area contributed by atoms with Crippen LogP contribution in [0.5, 0.6) is 5.75 Å². The van der Waals surface area contributed by atoms with Gasteiger partial charge in [-0.05, 0) is 47.4 Å². The summed E-state index contributed by atoms with van der Waals surface area (Å²) < 4.78 is 65.7. The molecule has 0 bridgehead atoms. The van der Waals surface area contributed by atoms with Crippen molar-refractivity contribution in [3.8, 4) is 5.75 Å². The van der Waals surface area contributed by atoms with Crippen LogP contribution in [0.3, 0.4) is 0 Å². The highest BCUT2D eigenvalue weighted by atomic mass is 32.2. The molecule has 1 amide bonds. The maximum Gasteiger partial charge on any atom is 0.490 e. The highest BCUT2D eigenvalue weighted by Crippen LogP contribution is 2.50. The van der Waals surface area contributed by atoms with E-state index in [2.05, 4.69) is 4.98 Å². The van der Waals surface area contributed by atoms with Gasteiger partial charge in [0, 0.05) is 32.0 Å². The van der Waals surface area contributed by atoms with Crippen LogP contribution in [-0.2, 0) is 38.1 Å². The summed E-state index contributed by atoms with van der Waals surface area (Å²) in [7, 11) is -2.11. The first-order chi connectivity index (χ1) is 18.9. The van der Waals surface area contributed by atoms with E-state index in [1.54, 1.807) is 46.9 Å². The van der Waals surface area contributed by atoms with Crippen molar-refractivity contribution in [1.82, 2.24) is 14.2 Å². The van der Waals surface area contributed by atoms with Gasteiger partial charge in [0.1, 0.15) is 5.75 Å². The van der Waals surface area contributed by atoms with Gasteiger partial charge < -0.3 is 14.7 Å². The average Bonchev–Trinajstić information content (AvgIpc) is 3.45. The molecule has 0 radical (unpaired) electrons. The van der Waals surface area contributed by atoms with Crippen molar-refractivity contribution in [3.63, 3.8) is 0 Å². The Morgan fingerprint density at radius 1 is 1.07 bits per heavy atom. The van der Waals surface area contributed by atoms with Crippen molar-refractivity contribution in [3.05, 3.63) is 89.7 Å². The number of sulfonamides is 1. The van der Waals surface area contributed by atoms with E-state index < -0.39 is 27.7 Å². The Balaban J connectivity index is 0.000000470. The molecule has 1 N–H and O–H groups in total. The van der Waals surface area contributed by atoms with Gasteiger partial charge in [-0.25, -0.2) is 13.2 Å². The van der Waals surface area contributed by atoms with Crippen LogP contribution in [-0.4, -0.2) is 66.0 Å². The van der Waals surface area contributed by atoms with E-state index in [4.69, 9.17) is 14.6 Å². The van der Waals surface area contributed by atoms with Gasteiger partial charge in [0.2, 0.25) is 15.9 Å². The molecule has 0 saturated carbocycles. The summed E-state index contributed by atoms with van der Waals surface area (Å²) in [6.07, 6.45) is -0.939. The number of rotatable bonds is 5. The number of aromatic nitrogens is 1. The number of nitrogens with zero attached hydrogens (tertiary/aromatic N) is 3. The molecule has 0 aliphatic carbocycles. The number of aliphatic carboxylic acids is 1. The summed E-state index contributed by atoms with van der Waals surface area (Å²) >= 11 is 0. The zero-order valence-electron chi connectivity index (χ0n) is 21.3. The summed E-state index contributed by atoms with van der Waals surface area (Å²) in [5.41, 5.74) is 1.67. The Hall–Kier alpha value is -3.97. The number of pyridine rings is 1. The normalized spacial score (nSPS) is 19.6. The predicted molar refractivity (Wildman–Crippen MR) is 137 cm³/mol. The molecule has 2 aliphatic heterocycles. The molecule has 2 aromatic carbocycles. The number of likely N-dealkylation sites (tertiary alicyclic amines) is 1. The van der Waals surface area contributed by atoms with Crippen LogP contribution in [0.2, 0.25) is 0 Å². The second-order valence-electron chi connectivity index (χ2n) is 9.30. The number of amides is 1. The highest BCUT2D eigenvalue weighted by Gasteiger charge is 2.57. The van der Waals surface area contributed by atoms with Crippen molar-refractivity contribution in [2.75, 3.05) is 20.2 Å². The lowest BCUT2D eigenvalue weighted by molar-refractivity contribution is -0.192. The van der Waals surface area contributed by atoms with E-state index in [-0.39, 0.29) is 18.9 Å². The van der Waals surface area contributed by atoms with Crippen LogP contribution in [0.1, 0.15) is 23.1 Å². The number of halogens is 3. The molecule has 3 aromatic rings. The molecule has 1 atom stereocenters. The van der Waals surface area contributed by atoms with Crippen LogP contribution < -0.4 is 4.74 Å². The lowest BCUT2D eigenvalue weighted by atomic mass is 9.88. The SMILES string of the molecule is COc1cccc(CC(=O)N2CCC3(C2)c2ccccc2S(=O)(=O)N3Cc2cccnc2)c1.O=C(O)C(F)(F)F. The average molecular weight is 578 g/mol. The number of hydrogen-bond donors (Lipinski definition) is 1. The van der Waals surface area contributed by atoms with Crippen molar-refractivity contribution >= 4 is 21.9 Å².